The van der Waals surface area contributed by atoms with Crippen molar-refractivity contribution in [2.75, 3.05) is 32.8 Å². The Hall–Kier alpha value is -1.30. The lowest BCUT2D eigenvalue weighted by Gasteiger charge is -2.29. The average molecular weight is 284 g/mol. The van der Waals surface area contributed by atoms with E-state index in [0.29, 0.717) is 13.1 Å². The molecule has 0 aromatic heterocycles. The van der Waals surface area contributed by atoms with Crippen LogP contribution in [0.2, 0.25) is 0 Å². The first kappa shape index (κ1) is 15.1. The zero-order valence-electron chi connectivity index (χ0n) is 11.9. The van der Waals surface area contributed by atoms with E-state index in [4.69, 9.17) is 9.84 Å². The molecule has 2 aliphatic heterocycles. The molecule has 0 unspecified atom stereocenters. The molecule has 2 amide bonds. The number of amides is 2. The summed E-state index contributed by atoms with van der Waals surface area (Å²) in [4.78, 5) is 26.6. The fraction of sp³-hybridized carbons (Fsp3) is 0.857. The fourth-order valence-corrected chi connectivity index (χ4v) is 2.87. The highest BCUT2D eigenvalue weighted by atomic mass is 16.5. The number of carbonyl (C=O) groups is 2. The molecule has 1 N–H and O–H groups in total. The summed E-state index contributed by atoms with van der Waals surface area (Å²) in [6.07, 6.45) is 6.44. The Kier molecular flexibility index (Phi) is 5.64. The number of urea groups is 1. The summed E-state index contributed by atoms with van der Waals surface area (Å²) in [5.41, 5.74) is 0. The van der Waals surface area contributed by atoms with E-state index >= 15 is 0 Å². The van der Waals surface area contributed by atoms with Gasteiger partial charge in [0.25, 0.3) is 0 Å². The number of hydrogen-bond donors (Lipinski definition) is 1. The van der Waals surface area contributed by atoms with Crippen LogP contribution in [0.5, 0.6) is 0 Å². The van der Waals surface area contributed by atoms with Crippen molar-refractivity contribution in [3.8, 4) is 0 Å². The Labute approximate surface area is 119 Å². The number of hydrogen-bond acceptors (Lipinski definition) is 3. The molecule has 0 saturated carbocycles. The smallest absolute Gasteiger partial charge is 0.329 e. The third kappa shape index (κ3) is 4.37. The quantitative estimate of drug-likeness (QED) is 0.853. The minimum absolute atomic E-state index is 0.0910. The monoisotopic (exact) mass is 284 g/mol. The van der Waals surface area contributed by atoms with Crippen LogP contribution in [0.25, 0.3) is 0 Å². The van der Waals surface area contributed by atoms with Crippen LogP contribution in [0.3, 0.4) is 0 Å². The lowest BCUT2D eigenvalue weighted by Crippen LogP contribution is -2.43. The third-order valence-electron chi connectivity index (χ3n) is 3.98. The first-order valence-electron chi connectivity index (χ1n) is 7.54. The molecule has 114 valence electrons. The van der Waals surface area contributed by atoms with Crippen molar-refractivity contribution < 1.29 is 19.4 Å². The van der Waals surface area contributed by atoms with Crippen LogP contribution >= 0.6 is 0 Å². The molecular formula is C14H24N2O4. The Morgan fingerprint density at radius 3 is 2.30 bits per heavy atom. The number of nitrogens with zero attached hydrogens (tertiary/aromatic N) is 2. The highest BCUT2D eigenvalue weighted by Crippen LogP contribution is 2.17. The van der Waals surface area contributed by atoms with Crippen LogP contribution in [0.4, 0.5) is 4.79 Å². The number of likely N-dealkylation sites (tertiary alicyclic amines) is 2. The topological polar surface area (TPSA) is 70.1 Å². The molecule has 2 fully saturated rings. The van der Waals surface area contributed by atoms with Crippen LogP contribution in [-0.2, 0) is 9.53 Å². The van der Waals surface area contributed by atoms with Crippen molar-refractivity contribution >= 4 is 12.0 Å². The van der Waals surface area contributed by atoms with Gasteiger partial charge in [-0.1, -0.05) is 19.3 Å². The molecule has 6 nitrogen and oxygen atoms in total. The molecule has 2 heterocycles. The Balaban J connectivity index is 1.78. The number of aliphatic carboxylic acids is 1. The summed E-state index contributed by atoms with van der Waals surface area (Å²) in [6, 6.07) is 0.0910. The van der Waals surface area contributed by atoms with Crippen molar-refractivity contribution in [1.29, 1.82) is 0 Å². The maximum Gasteiger partial charge on any atom is 0.329 e. The fourth-order valence-electron chi connectivity index (χ4n) is 2.87. The maximum absolute atomic E-state index is 12.4. The first-order chi connectivity index (χ1) is 9.66. The molecule has 0 spiro atoms. The summed E-state index contributed by atoms with van der Waals surface area (Å²) in [7, 11) is 0. The van der Waals surface area contributed by atoms with Gasteiger partial charge in [0, 0.05) is 26.2 Å². The molecule has 2 aliphatic rings. The van der Waals surface area contributed by atoms with E-state index in [1.165, 1.54) is 19.3 Å². The minimum Gasteiger partial charge on any atom is -0.480 e. The molecule has 0 radical (unpaired) electrons. The molecule has 0 bridgehead atoms. The zero-order chi connectivity index (χ0) is 14.4. The van der Waals surface area contributed by atoms with Crippen molar-refractivity contribution in [3.05, 3.63) is 0 Å². The van der Waals surface area contributed by atoms with Crippen molar-refractivity contribution in [3.63, 3.8) is 0 Å². The Morgan fingerprint density at radius 2 is 1.65 bits per heavy atom. The normalized spacial score (nSPS) is 24.3. The van der Waals surface area contributed by atoms with Gasteiger partial charge in [0.1, 0.15) is 6.61 Å². The second-order valence-corrected chi connectivity index (χ2v) is 5.60. The van der Waals surface area contributed by atoms with Gasteiger partial charge in [-0.25, -0.2) is 9.59 Å². The van der Waals surface area contributed by atoms with Gasteiger partial charge in [0.15, 0.2) is 0 Å². The zero-order valence-corrected chi connectivity index (χ0v) is 11.9. The molecule has 0 aromatic rings. The van der Waals surface area contributed by atoms with Crippen LogP contribution < -0.4 is 0 Å². The highest BCUT2D eigenvalue weighted by molar-refractivity contribution is 5.74. The van der Waals surface area contributed by atoms with Gasteiger partial charge in [-0.15, -0.1) is 0 Å². The van der Waals surface area contributed by atoms with Gasteiger partial charge in [-0.3, -0.25) is 0 Å². The molecule has 0 aromatic carbocycles. The number of carboxylic acids is 1. The summed E-state index contributed by atoms with van der Waals surface area (Å²) in [5.74, 6) is -0.960. The lowest BCUT2D eigenvalue weighted by atomic mass is 10.1. The van der Waals surface area contributed by atoms with E-state index in [1.54, 1.807) is 4.90 Å². The Bertz CT molecular complexity index is 340. The van der Waals surface area contributed by atoms with Gasteiger partial charge in [-0.05, 0) is 19.3 Å². The van der Waals surface area contributed by atoms with Gasteiger partial charge in [-0.2, -0.15) is 0 Å². The number of ether oxygens (including phenoxy) is 1. The van der Waals surface area contributed by atoms with Crippen molar-refractivity contribution in [2.24, 2.45) is 0 Å². The highest BCUT2D eigenvalue weighted by Gasteiger charge is 2.30. The van der Waals surface area contributed by atoms with Gasteiger partial charge >= 0.3 is 12.0 Å². The molecule has 1 atom stereocenters. The summed E-state index contributed by atoms with van der Waals surface area (Å²) in [5, 5.41) is 8.60. The number of carboxylic acid groups (broad SMARTS) is 1. The van der Waals surface area contributed by atoms with E-state index in [0.717, 1.165) is 32.4 Å². The largest absolute Gasteiger partial charge is 0.480 e. The summed E-state index contributed by atoms with van der Waals surface area (Å²) in [6.45, 7) is 2.59. The predicted octanol–water partition coefficient (Wildman–Crippen LogP) is 1.55. The van der Waals surface area contributed by atoms with Crippen LogP contribution in [0.1, 0.15) is 38.5 Å². The van der Waals surface area contributed by atoms with Crippen LogP contribution in [-0.4, -0.2) is 65.8 Å². The second kappa shape index (κ2) is 7.47. The molecular weight excluding hydrogens is 260 g/mol. The van der Waals surface area contributed by atoms with Crippen molar-refractivity contribution in [2.45, 2.75) is 44.6 Å². The standard InChI is InChI=1S/C14H24N2O4/c17-13(18)11-20-12-6-9-16(10-12)14(19)15-7-4-2-1-3-5-8-15/h12H,1-11H2,(H,17,18)/t12-/m1/s1. The average Bonchev–Trinajstić information content (AvgIpc) is 2.84. The van der Waals surface area contributed by atoms with Crippen LogP contribution in [0, 0.1) is 0 Å². The van der Waals surface area contributed by atoms with Gasteiger partial charge < -0.3 is 19.6 Å². The van der Waals surface area contributed by atoms with Gasteiger partial charge in [0.2, 0.25) is 0 Å². The SMILES string of the molecule is O=C(O)CO[C@@H]1CCN(C(=O)N2CCCCCCC2)C1. The van der Waals surface area contributed by atoms with Crippen molar-refractivity contribution in [1.82, 2.24) is 9.80 Å². The number of rotatable bonds is 3. The first-order valence-corrected chi connectivity index (χ1v) is 7.54. The van der Waals surface area contributed by atoms with E-state index in [-0.39, 0.29) is 18.7 Å². The summed E-state index contributed by atoms with van der Waals surface area (Å²) >= 11 is 0. The third-order valence-corrected chi connectivity index (χ3v) is 3.98. The van der Waals surface area contributed by atoms with E-state index in [9.17, 15) is 9.59 Å². The Morgan fingerprint density at radius 1 is 1.00 bits per heavy atom. The molecule has 6 heteroatoms. The molecule has 2 saturated heterocycles. The number of carbonyl (C=O) groups excluding carboxylic acids is 1. The predicted molar refractivity (Wildman–Crippen MR) is 73.6 cm³/mol. The van der Waals surface area contributed by atoms with Gasteiger partial charge in [0.05, 0.1) is 6.10 Å². The molecule has 0 aliphatic carbocycles. The van der Waals surface area contributed by atoms with Crippen LogP contribution in [0.15, 0.2) is 0 Å². The lowest BCUT2D eigenvalue weighted by molar-refractivity contribution is -0.144. The summed E-state index contributed by atoms with van der Waals surface area (Å²) < 4.78 is 5.26. The molecule has 20 heavy (non-hydrogen) atoms. The van der Waals surface area contributed by atoms with E-state index in [2.05, 4.69) is 0 Å². The minimum atomic E-state index is -0.960. The molecule has 2 rings (SSSR count). The van der Waals surface area contributed by atoms with E-state index in [1.807, 2.05) is 4.90 Å². The maximum atomic E-state index is 12.4. The second-order valence-electron chi connectivity index (χ2n) is 5.60. The van der Waals surface area contributed by atoms with E-state index < -0.39 is 5.97 Å².